The van der Waals surface area contributed by atoms with Crippen molar-refractivity contribution in [3.8, 4) is 0 Å². The molecule has 0 aliphatic carbocycles. The van der Waals surface area contributed by atoms with Crippen molar-refractivity contribution in [3.63, 3.8) is 0 Å². The van der Waals surface area contributed by atoms with Gasteiger partial charge in [0.1, 0.15) is 6.04 Å². The molecule has 0 spiro atoms. The fourth-order valence-corrected chi connectivity index (χ4v) is 2.82. The Balaban J connectivity index is 1.94. The number of benzene rings is 1. The molecule has 2 aromatic rings. The first kappa shape index (κ1) is 13.1. The van der Waals surface area contributed by atoms with Gasteiger partial charge in [-0.2, -0.15) is 0 Å². The Hall–Kier alpha value is -1.94. The average Bonchev–Trinajstić information content (AvgIpc) is 2.94. The first-order chi connectivity index (χ1) is 9.81. The molecule has 0 saturated heterocycles. The van der Waals surface area contributed by atoms with Crippen LogP contribution in [0.15, 0.2) is 36.7 Å². The molecule has 1 aliphatic rings. The number of ketones is 1. The Labute approximate surface area is 118 Å². The summed E-state index contributed by atoms with van der Waals surface area (Å²) in [5.74, 6) is 0.622. The van der Waals surface area contributed by atoms with Crippen LogP contribution in [-0.4, -0.2) is 21.9 Å². The first-order valence-corrected chi connectivity index (χ1v) is 7.17. The van der Waals surface area contributed by atoms with Gasteiger partial charge in [-0.15, -0.1) is 0 Å². The van der Waals surface area contributed by atoms with Crippen LogP contribution in [0.2, 0.25) is 0 Å². The Morgan fingerprint density at radius 3 is 3.15 bits per heavy atom. The van der Waals surface area contributed by atoms with E-state index in [1.807, 2.05) is 29.0 Å². The van der Waals surface area contributed by atoms with Crippen molar-refractivity contribution in [2.24, 2.45) is 0 Å². The van der Waals surface area contributed by atoms with Crippen LogP contribution in [-0.2, 0) is 13.0 Å². The van der Waals surface area contributed by atoms with Gasteiger partial charge in [-0.25, -0.2) is 4.98 Å². The molecule has 20 heavy (non-hydrogen) atoms. The SMILES string of the molecule is CCCn1ccnc1C(=O)C1NCCc2ccccc21. The molecule has 1 aromatic carbocycles. The smallest absolute Gasteiger partial charge is 0.219 e. The van der Waals surface area contributed by atoms with Crippen molar-refractivity contribution < 1.29 is 4.79 Å². The fraction of sp³-hybridized carbons (Fsp3) is 0.375. The van der Waals surface area contributed by atoms with Gasteiger partial charge in [0.15, 0.2) is 5.82 Å². The molecular weight excluding hydrogens is 250 g/mol. The van der Waals surface area contributed by atoms with Crippen molar-refractivity contribution >= 4 is 5.78 Å². The number of carbonyl (C=O) groups is 1. The zero-order chi connectivity index (χ0) is 13.9. The Morgan fingerprint density at radius 2 is 2.30 bits per heavy atom. The zero-order valence-corrected chi connectivity index (χ0v) is 11.7. The summed E-state index contributed by atoms with van der Waals surface area (Å²) in [7, 11) is 0. The van der Waals surface area contributed by atoms with E-state index in [-0.39, 0.29) is 11.8 Å². The van der Waals surface area contributed by atoms with Crippen LogP contribution in [0.4, 0.5) is 0 Å². The third-order valence-electron chi connectivity index (χ3n) is 3.77. The summed E-state index contributed by atoms with van der Waals surface area (Å²) >= 11 is 0. The van der Waals surface area contributed by atoms with Gasteiger partial charge in [-0.05, 0) is 24.0 Å². The van der Waals surface area contributed by atoms with Crippen LogP contribution >= 0.6 is 0 Å². The maximum Gasteiger partial charge on any atom is 0.219 e. The molecule has 1 aliphatic heterocycles. The first-order valence-electron chi connectivity index (χ1n) is 7.17. The van der Waals surface area contributed by atoms with Crippen LogP contribution < -0.4 is 5.32 Å². The van der Waals surface area contributed by atoms with E-state index in [4.69, 9.17) is 0 Å². The molecule has 4 nitrogen and oxygen atoms in total. The summed E-state index contributed by atoms with van der Waals surface area (Å²) < 4.78 is 1.95. The maximum absolute atomic E-state index is 12.8. The molecule has 0 saturated carbocycles. The molecule has 0 radical (unpaired) electrons. The number of imidazole rings is 1. The summed E-state index contributed by atoms with van der Waals surface area (Å²) in [5, 5.41) is 3.33. The van der Waals surface area contributed by atoms with Gasteiger partial charge in [0, 0.05) is 25.5 Å². The van der Waals surface area contributed by atoms with Gasteiger partial charge in [0.2, 0.25) is 5.78 Å². The fourth-order valence-electron chi connectivity index (χ4n) is 2.82. The van der Waals surface area contributed by atoms with Crippen LogP contribution in [0.25, 0.3) is 0 Å². The normalized spacial score (nSPS) is 17.8. The summed E-state index contributed by atoms with van der Waals surface area (Å²) in [5.41, 5.74) is 2.35. The molecule has 2 heterocycles. The summed E-state index contributed by atoms with van der Waals surface area (Å²) in [6.07, 6.45) is 5.55. The minimum absolute atomic E-state index is 0.0654. The molecule has 1 aromatic heterocycles. The lowest BCUT2D eigenvalue weighted by molar-refractivity contribution is 0.0924. The number of rotatable bonds is 4. The molecule has 1 unspecified atom stereocenters. The second-order valence-electron chi connectivity index (χ2n) is 5.14. The Morgan fingerprint density at radius 1 is 1.45 bits per heavy atom. The standard InChI is InChI=1S/C16H19N3O/c1-2-10-19-11-9-18-16(19)15(20)14-13-6-4-3-5-12(13)7-8-17-14/h3-6,9,11,14,17H,2,7-8,10H2,1H3. The minimum Gasteiger partial charge on any atom is -0.328 e. The van der Waals surface area contributed by atoms with Gasteiger partial charge in [0.25, 0.3) is 0 Å². The van der Waals surface area contributed by atoms with Crippen LogP contribution in [0.1, 0.15) is 41.1 Å². The zero-order valence-electron chi connectivity index (χ0n) is 11.7. The van der Waals surface area contributed by atoms with E-state index < -0.39 is 0 Å². The molecule has 0 bridgehead atoms. The molecular formula is C16H19N3O. The highest BCUT2D eigenvalue weighted by Gasteiger charge is 2.29. The third kappa shape index (κ3) is 2.27. The van der Waals surface area contributed by atoms with Gasteiger partial charge < -0.3 is 9.88 Å². The maximum atomic E-state index is 12.8. The number of aromatic nitrogens is 2. The molecule has 104 valence electrons. The summed E-state index contributed by atoms with van der Waals surface area (Å²) in [6, 6.07) is 7.90. The molecule has 1 atom stereocenters. The van der Waals surface area contributed by atoms with E-state index in [2.05, 4.69) is 23.3 Å². The van der Waals surface area contributed by atoms with Crippen LogP contribution in [0, 0.1) is 0 Å². The molecule has 0 fully saturated rings. The number of hydrogen-bond acceptors (Lipinski definition) is 3. The predicted octanol–water partition coefficient (Wildman–Crippen LogP) is 2.36. The lowest BCUT2D eigenvalue weighted by Gasteiger charge is -2.25. The van der Waals surface area contributed by atoms with E-state index in [9.17, 15) is 4.79 Å². The second kappa shape index (κ2) is 5.59. The Bertz CT molecular complexity index is 618. The van der Waals surface area contributed by atoms with Crippen molar-refractivity contribution in [1.29, 1.82) is 0 Å². The van der Waals surface area contributed by atoms with Gasteiger partial charge in [-0.1, -0.05) is 31.2 Å². The highest BCUT2D eigenvalue weighted by atomic mass is 16.1. The van der Waals surface area contributed by atoms with Crippen molar-refractivity contribution in [1.82, 2.24) is 14.9 Å². The van der Waals surface area contributed by atoms with Crippen LogP contribution in [0.5, 0.6) is 0 Å². The number of nitrogens with one attached hydrogen (secondary N) is 1. The predicted molar refractivity (Wildman–Crippen MR) is 77.7 cm³/mol. The number of carbonyl (C=O) groups excluding carboxylic acids is 1. The highest BCUT2D eigenvalue weighted by molar-refractivity contribution is 5.98. The lowest BCUT2D eigenvalue weighted by Crippen LogP contribution is -2.36. The van der Waals surface area contributed by atoms with E-state index in [0.717, 1.165) is 31.5 Å². The van der Waals surface area contributed by atoms with Gasteiger partial charge in [0.05, 0.1) is 0 Å². The summed E-state index contributed by atoms with van der Waals surface area (Å²) in [6.45, 7) is 3.76. The molecule has 1 N–H and O–H groups in total. The molecule has 3 rings (SSSR count). The van der Waals surface area contributed by atoms with Gasteiger partial charge in [-0.3, -0.25) is 4.79 Å². The Kier molecular flexibility index (Phi) is 3.65. The second-order valence-corrected chi connectivity index (χ2v) is 5.14. The van der Waals surface area contributed by atoms with E-state index in [1.54, 1.807) is 6.20 Å². The highest BCUT2D eigenvalue weighted by Crippen LogP contribution is 2.25. The number of hydrogen-bond donors (Lipinski definition) is 1. The number of aryl methyl sites for hydroxylation is 1. The van der Waals surface area contributed by atoms with E-state index in [0.29, 0.717) is 5.82 Å². The van der Waals surface area contributed by atoms with Crippen molar-refractivity contribution in [2.45, 2.75) is 32.4 Å². The van der Waals surface area contributed by atoms with Gasteiger partial charge >= 0.3 is 0 Å². The van der Waals surface area contributed by atoms with Crippen LogP contribution in [0.3, 0.4) is 0 Å². The largest absolute Gasteiger partial charge is 0.328 e. The number of Topliss-reactive ketones (excluding diaryl/α,β-unsaturated/α-hetero) is 1. The number of fused-ring (bicyclic) bond motifs is 1. The lowest BCUT2D eigenvalue weighted by atomic mass is 9.91. The molecule has 0 amide bonds. The van der Waals surface area contributed by atoms with E-state index >= 15 is 0 Å². The quantitative estimate of drug-likeness (QED) is 0.867. The monoisotopic (exact) mass is 269 g/mol. The molecule has 4 heteroatoms. The topological polar surface area (TPSA) is 46.9 Å². The number of nitrogens with zero attached hydrogens (tertiary/aromatic N) is 2. The third-order valence-corrected chi connectivity index (χ3v) is 3.77. The van der Waals surface area contributed by atoms with Crippen molar-refractivity contribution in [2.75, 3.05) is 6.54 Å². The minimum atomic E-state index is -0.266. The average molecular weight is 269 g/mol. The summed E-state index contributed by atoms with van der Waals surface area (Å²) in [4.78, 5) is 17.0. The van der Waals surface area contributed by atoms with E-state index in [1.165, 1.54) is 5.56 Å². The van der Waals surface area contributed by atoms with Crippen molar-refractivity contribution in [3.05, 3.63) is 53.6 Å².